The first-order chi connectivity index (χ1) is 13.5. The molecule has 1 heterocycles. The lowest BCUT2D eigenvalue weighted by Gasteiger charge is -2.16. The minimum atomic E-state index is -1.09. The number of aliphatic hydroxyl groups excluding tert-OH is 1. The zero-order chi connectivity index (χ0) is 19.7. The smallest absolute Gasteiger partial charge is 0.306 e. The highest BCUT2D eigenvalue weighted by Crippen LogP contribution is 2.45. The summed E-state index contributed by atoms with van der Waals surface area (Å²) in [6, 6.07) is 14.1. The summed E-state index contributed by atoms with van der Waals surface area (Å²) < 4.78 is 13.5. The highest BCUT2D eigenvalue weighted by Gasteiger charge is 2.29. The second kappa shape index (κ2) is 7.52. The largest absolute Gasteiger partial charge is 0.481 e. The van der Waals surface area contributed by atoms with Crippen LogP contribution >= 0.6 is 0 Å². The van der Waals surface area contributed by atoms with Gasteiger partial charge in [-0.15, -0.1) is 0 Å². The number of aliphatic carboxylic acids is 1. The van der Waals surface area contributed by atoms with Gasteiger partial charge in [-0.1, -0.05) is 42.5 Å². The molecular formula is C23H20FNO3. The Morgan fingerprint density at radius 2 is 1.89 bits per heavy atom. The first-order valence-electron chi connectivity index (χ1n) is 9.29. The van der Waals surface area contributed by atoms with Crippen LogP contribution in [-0.4, -0.2) is 27.3 Å². The van der Waals surface area contributed by atoms with Crippen molar-refractivity contribution in [1.82, 2.24) is 4.98 Å². The zero-order valence-electron chi connectivity index (χ0n) is 15.2. The maximum absolute atomic E-state index is 13.5. The molecule has 0 amide bonds. The molecule has 0 bridgehead atoms. The molecule has 1 fully saturated rings. The molecule has 28 heavy (non-hydrogen) atoms. The van der Waals surface area contributed by atoms with E-state index in [9.17, 15) is 14.3 Å². The number of hydrogen-bond donors (Lipinski definition) is 2. The van der Waals surface area contributed by atoms with Crippen molar-refractivity contribution in [2.45, 2.75) is 31.3 Å². The number of carboxylic acid groups (broad SMARTS) is 1. The van der Waals surface area contributed by atoms with Gasteiger partial charge in [-0.3, -0.25) is 9.78 Å². The molecular weight excluding hydrogens is 357 g/mol. The summed E-state index contributed by atoms with van der Waals surface area (Å²) in [5.41, 5.74) is 4.45. The van der Waals surface area contributed by atoms with Gasteiger partial charge in [0.25, 0.3) is 0 Å². The van der Waals surface area contributed by atoms with Crippen LogP contribution in [0, 0.1) is 5.82 Å². The van der Waals surface area contributed by atoms with Crippen molar-refractivity contribution < 1.29 is 19.4 Å². The number of aromatic nitrogens is 1. The van der Waals surface area contributed by atoms with Crippen LogP contribution in [0.25, 0.3) is 28.1 Å². The number of hydrogen-bond acceptors (Lipinski definition) is 3. The lowest BCUT2D eigenvalue weighted by Crippen LogP contribution is -2.09. The Bertz CT molecular complexity index is 1060. The van der Waals surface area contributed by atoms with Crippen molar-refractivity contribution in [1.29, 1.82) is 0 Å². The van der Waals surface area contributed by atoms with Crippen LogP contribution in [0.2, 0.25) is 0 Å². The summed E-state index contributed by atoms with van der Waals surface area (Å²) in [6.07, 6.45) is 3.91. The van der Waals surface area contributed by atoms with E-state index in [4.69, 9.17) is 10.1 Å². The summed E-state index contributed by atoms with van der Waals surface area (Å²) in [4.78, 5) is 15.7. The summed E-state index contributed by atoms with van der Waals surface area (Å²) >= 11 is 0. The van der Waals surface area contributed by atoms with Crippen molar-refractivity contribution in [3.05, 3.63) is 71.7 Å². The predicted molar refractivity (Wildman–Crippen MR) is 106 cm³/mol. The van der Waals surface area contributed by atoms with E-state index in [2.05, 4.69) is 0 Å². The number of nitrogens with zero attached hydrogens (tertiary/aromatic N) is 1. The molecule has 1 unspecified atom stereocenters. The Hall–Kier alpha value is -3.05. The van der Waals surface area contributed by atoms with E-state index in [0.29, 0.717) is 5.92 Å². The van der Waals surface area contributed by atoms with E-state index in [0.717, 1.165) is 46.1 Å². The Morgan fingerprint density at radius 1 is 1.18 bits per heavy atom. The number of carbonyl (C=O) groups is 1. The lowest BCUT2D eigenvalue weighted by atomic mass is 9.92. The van der Waals surface area contributed by atoms with Gasteiger partial charge in [-0.2, -0.15) is 0 Å². The second-order valence-corrected chi connectivity index (χ2v) is 7.11. The van der Waals surface area contributed by atoms with Crippen LogP contribution in [0.1, 0.15) is 36.4 Å². The van der Waals surface area contributed by atoms with Crippen molar-refractivity contribution in [3.8, 4) is 11.1 Å². The van der Waals surface area contributed by atoms with E-state index >= 15 is 0 Å². The van der Waals surface area contributed by atoms with Crippen LogP contribution < -0.4 is 0 Å². The molecule has 1 aromatic heterocycles. The second-order valence-electron chi connectivity index (χ2n) is 7.11. The van der Waals surface area contributed by atoms with Crippen molar-refractivity contribution in [2.75, 3.05) is 0 Å². The first-order valence-corrected chi connectivity index (χ1v) is 9.29. The van der Waals surface area contributed by atoms with Crippen LogP contribution in [0.4, 0.5) is 4.39 Å². The minimum absolute atomic E-state index is 0.307. The predicted octanol–water partition coefficient (Wildman–Crippen LogP) is 4.77. The van der Waals surface area contributed by atoms with E-state index < -0.39 is 12.1 Å². The number of rotatable bonds is 6. The summed E-state index contributed by atoms with van der Waals surface area (Å²) in [5, 5.41) is 19.8. The van der Waals surface area contributed by atoms with Crippen LogP contribution in [0.5, 0.6) is 0 Å². The quantitative estimate of drug-likeness (QED) is 0.649. The molecule has 142 valence electrons. The van der Waals surface area contributed by atoms with E-state index in [1.165, 1.54) is 18.2 Å². The minimum Gasteiger partial charge on any atom is -0.481 e. The molecule has 4 nitrogen and oxygen atoms in total. The topological polar surface area (TPSA) is 70.4 Å². The van der Waals surface area contributed by atoms with Gasteiger partial charge >= 0.3 is 5.97 Å². The number of fused-ring (bicyclic) bond motifs is 1. The normalized spacial score (nSPS) is 15.2. The van der Waals surface area contributed by atoms with Gasteiger partial charge in [0.2, 0.25) is 0 Å². The van der Waals surface area contributed by atoms with E-state index in [-0.39, 0.29) is 12.2 Å². The molecule has 1 aliphatic rings. The molecule has 0 saturated heterocycles. The van der Waals surface area contributed by atoms with Crippen molar-refractivity contribution >= 4 is 22.9 Å². The molecule has 4 rings (SSSR count). The summed E-state index contributed by atoms with van der Waals surface area (Å²) in [6.45, 7) is 0. The lowest BCUT2D eigenvalue weighted by molar-refractivity contribution is -0.138. The Balaban J connectivity index is 1.93. The van der Waals surface area contributed by atoms with Gasteiger partial charge < -0.3 is 10.2 Å². The van der Waals surface area contributed by atoms with E-state index in [1.54, 1.807) is 18.2 Å². The monoisotopic (exact) mass is 377 g/mol. The molecule has 0 aliphatic heterocycles. The number of halogens is 1. The number of aliphatic hydroxyl groups is 1. The maximum Gasteiger partial charge on any atom is 0.306 e. The highest BCUT2D eigenvalue weighted by atomic mass is 19.1. The molecule has 1 saturated carbocycles. The summed E-state index contributed by atoms with van der Waals surface area (Å²) in [7, 11) is 0. The molecule has 0 spiro atoms. The number of pyridine rings is 1. The zero-order valence-corrected chi connectivity index (χ0v) is 15.2. The molecule has 0 radical (unpaired) electrons. The number of carboxylic acids is 1. The molecule has 2 N–H and O–H groups in total. The van der Waals surface area contributed by atoms with Gasteiger partial charge in [0.15, 0.2) is 0 Å². The van der Waals surface area contributed by atoms with Crippen molar-refractivity contribution in [3.63, 3.8) is 0 Å². The molecule has 3 aromatic rings. The molecule has 1 atom stereocenters. The number of para-hydroxylation sites is 1. The van der Waals surface area contributed by atoms with Crippen LogP contribution in [0.3, 0.4) is 0 Å². The molecule has 2 aromatic carbocycles. The maximum atomic E-state index is 13.5. The fourth-order valence-corrected chi connectivity index (χ4v) is 3.46. The van der Waals surface area contributed by atoms with Gasteiger partial charge in [0.05, 0.1) is 23.7 Å². The Labute approximate surface area is 162 Å². The van der Waals surface area contributed by atoms with Gasteiger partial charge in [0.1, 0.15) is 5.82 Å². The third kappa shape index (κ3) is 3.80. The third-order valence-corrected chi connectivity index (χ3v) is 4.93. The first kappa shape index (κ1) is 18.3. The fourth-order valence-electron chi connectivity index (χ4n) is 3.46. The van der Waals surface area contributed by atoms with E-state index in [1.807, 2.05) is 24.3 Å². The van der Waals surface area contributed by atoms with Crippen LogP contribution in [-0.2, 0) is 4.79 Å². The van der Waals surface area contributed by atoms with Crippen LogP contribution in [0.15, 0.2) is 54.6 Å². The molecule has 1 aliphatic carbocycles. The van der Waals surface area contributed by atoms with Gasteiger partial charge in [-0.05, 0) is 36.6 Å². The SMILES string of the molecule is O=C(O)CC(O)/C=C/c1c(C2CC2)nc2ccccc2c1-c1ccc(F)cc1. The average molecular weight is 377 g/mol. The Morgan fingerprint density at radius 3 is 2.57 bits per heavy atom. The van der Waals surface area contributed by atoms with Gasteiger partial charge in [0, 0.05) is 22.4 Å². The average Bonchev–Trinajstić information content (AvgIpc) is 3.51. The third-order valence-electron chi connectivity index (χ3n) is 4.93. The highest BCUT2D eigenvalue weighted by molar-refractivity contribution is 5.99. The molecule has 5 heteroatoms. The Kier molecular flexibility index (Phi) is 4.92. The fraction of sp³-hybridized carbons (Fsp3) is 0.217. The van der Waals surface area contributed by atoms with Crippen molar-refractivity contribution in [2.24, 2.45) is 0 Å². The standard InChI is InChI=1S/C23H20FNO3/c24-16-9-7-14(8-10-16)22-18-3-1-2-4-20(18)25-23(15-5-6-15)19(22)12-11-17(26)13-21(27)28/h1-4,7-12,15,17,26H,5-6,13H2,(H,27,28)/b12-11+. The van der Waals surface area contributed by atoms with Gasteiger partial charge in [-0.25, -0.2) is 4.39 Å². The summed E-state index contributed by atoms with van der Waals surface area (Å²) in [5.74, 6) is -1.02. The number of benzene rings is 2.